The van der Waals surface area contributed by atoms with Gasteiger partial charge >= 0.3 is 5.97 Å². The van der Waals surface area contributed by atoms with Gasteiger partial charge in [-0.3, -0.25) is 4.79 Å². The standard InChI is InChI=1S/C13H18N4O2/c1-4-19-13(18)10(3)14-6-11-7-15-12-5-9(2)16-17(12)8-11/h5,7-8,10,14H,4,6H2,1-3H3. The molecule has 0 saturated heterocycles. The lowest BCUT2D eigenvalue weighted by molar-refractivity contribution is -0.145. The fraction of sp³-hybridized carbons (Fsp3) is 0.462. The molecule has 2 heterocycles. The average Bonchev–Trinajstić information content (AvgIpc) is 2.75. The molecular weight excluding hydrogens is 244 g/mol. The van der Waals surface area contributed by atoms with Gasteiger partial charge in [-0.25, -0.2) is 9.50 Å². The number of nitrogens with one attached hydrogen (secondary N) is 1. The Labute approximate surface area is 111 Å². The van der Waals surface area contributed by atoms with Crippen LogP contribution in [0.5, 0.6) is 0 Å². The Balaban J connectivity index is 1.99. The van der Waals surface area contributed by atoms with E-state index in [-0.39, 0.29) is 12.0 Å². The summed E-state index contributed by atoms with van der Waals surface area (Å²) in [4.78, 5) is 15.8. The molecule has 6 heteroatoms. The number of hydrogen-bond donors (Lipinski definition) is 1. The van der Waals surface area contributed by atoms with E-state index in [9.17, 15) is 4.79 Å². The van der Waals surface area contributed by atoms with Crippen LogP contribution in [-0.4, -0.2) is 33.2 Å². The van der Waals surface area contributed by atoms with Crippen LogP contribution in [-0.2, 0) is 16.1 Å². The second-order valence-electron chi connectivity index (χ2n) is 4.41. The Kier molecular flexibility index (Phi) is 4.11. The minimum Gasteiger partial charge on any atom is -0.465 e. The molecule has 19 heavy (non-hydrogen) atoms. The van der Waals surface area contributed by atoms with E-state index in [1.54, 1.807) is 24.6 Å². The van der Waals surface area contributed by atoms with Crippen molar-refractivity contribution in [1.29, 1.82) is 0 Å². The summed E-state index contributed by atoms with van der Waals surface area (Å²) in [6.07, 6.45) is 3.68. The number of ether oxygens (including phenoxy) is 1. The van der Waals surface area contributed by atoms with E-state index in [1.807, 2.05) is 19.2 Å². The van der Waals surface area contributed by atoms with Gasteiger partial charge in [0, 0.05) is 30.6 Å². The predicted molar refractivity (Wildman–Crippen MR) is 70.7 cm³/mol. The van der Waals surface area contributed by atoms with Crippen molar-refractivity contribution in [3.63, 3.8) is 0 Å². The van der Waals surface area contributed by atoms with Gasteiger partial charge in [-0.05, 0) is 20.8 Å². The molecule has 0 aromatic carbocycles. The second kappa shape index (κ2) is 5.79. The minimum atomic E-state index is -0.338. The first-order valence-corrected chi connectivity index (χ1v) is 6.31. The molecular formula is C13H18N4O2. The van der Waals surface area contributed by atoms with Crippen molar-refractivity contribution in [3.05, 3.63) is 29.7 Å². The summed E-state index contributed by atoms with van der Waals surface area (Å²) in [5.74, 6) is -0.244. The molecule has 0 saturated carbocycles. The van der Waals surface area contributed by atoms with Crippen LogP contribution in [0, 0.1) is 6.92 Å². The second-order valence-corrected chi connectivity index (χ2v) is 4.41. The zero-order valence-electron chi connectivity index (χ0n) is 11.4. The van der Waals surface area contributed by atoms with Gasteiger partial charge in [0.15, 0.2) is 5.65 Å². The maximum atomic E-state index is 11.5. The smallest absolute Gasteiger partial charge is 0.322 e. The summed E-state index contributed by atoms with van der Waals surface area (Å²) in [5, 5.41) is 7.40. The lowest BCUT2D eigenvalue weighted by atomic mass is 10.3. The molecule has 6 nitrogen and oxygen atoms in total. The number of aryl methyl sites for hydroxylation is 1. The van der Waals surface area contributed by atoms with E-state index in [0.717, 1.165) is 16.9 Å². The summed E-state index contributed by atoms with van der Waals surface area (Å²) in [7, 11) is 0. The van der Waals surface area contributed by atoms with Crippen LogP contribution >= 0.6 is 0 Å². The molecule has 0 amide bonds. The zero-order chi connectivity index (χ0) is 13.8. The molecule has 2 rings (SSSR count). The Hall–Kier alpha value is -1.95. The number of esters is 1. The number of nitrogens with zero attached hydrogens (tertiary/aromatic N) is 3. The van der Waals surface area contributed by atoms with Gasteiger partial charge < -0.3 is 10.1 Å². The molecule has 0 aliphatic carbocycles. The van der Waals surface area contributed by atoms with Gasteiger partial charge in [-0.15, -0.1) is 0 Å². The van der Waals surface area contributed by atoms with Gasteiger partial charge in [-0.2, -0.15) is 5.10 Å². The fourth-order valence-corrected chi connectivity index (χ4v) is 1.75. The van der Waals surface area contributed by atoms with Crippen molar-refractivity contribution in [2.45, 2.75) is 33.4 Å². The molecule has 0 radical (unpaired) electrons. The van der Waals surface area contributed by atoms with Gasteiger partial charge in [0.1, 0.15) is 6.04 Å². The van der Waals surface area contributed by atoms with E-state index < -0.39 is 0 Å². The number of carbonyl (C=O) groups excluding carboxylic acids is 1. The van der Waals surface area contributed by atoms with Gasteiger partial charge in [0.25, 0.3) is 0 Å². The molecule has 0 bridgehead atoms. The molecule has 0 aliphatic rings. The quantitative estimate of drug-likeness (QED) is 0.817. The Morgan fingerprint density at radius 3 is 3.11 bits per heavy atom. The third-order valence-corrected chi connectivity index (χ3v) is 2.74. The van der Waals surface area contributed by atoms with Gasteiger partial charge in [0.2, 0.25) is 0 Å². The van der Waals surface area contributed by atoms with Crippen LogP contribution < -0.4 is 5.32 Å². The highest BCUT2D eigenvalue weighted by Crippen LogP contribution is 2.05. The predicted octanol–water partition coefficient (Wildman–Crippen LogP) is 1.08. The Morgan fingerprint density at radius 2 is 2.37 bits per heavy atom. The summed E-state index contributed by atoms with van der Waals surface area (Å²) < 4.78 is 6.67. The van der Waals surface area contributed by atoms with E-state index in [0.29, 0.717) is 13.2 Å². The molecule has 2 aromatic heterocycles. The van der Waals surface area contributed by atoms with Crippen molar-refractivity contribution in [1.82, 2.24) is 19.9 Å². The average molecular weight is 262 g/mol. The summed E-state index contributed by atoms with van der Waals surface area (Å²) >= 11 is 0. The first-order chi connectivity index (χ1) is 9.10. The first-order valence-electron chi connectivity index (χ1n) is 6.31. The van der Waals surface area contributed by atoms with Crippen molar-refractivity contribution in [2.75, 3.05) is 6.61 Å². The van der Waals surface area contributed by atoms with Crippen LogP contribution in [0.1, 0.15) is 25.1 Å². The fourth-order valence-electron chi connectivity index (χ4n) is 1.75. The number of rotatable bonds is 5. The number of hydrogen-bond acceptors (Lipinski definition) is 5. The van der Waals surface area contributed by atoms with Gasteiger partial charge in [-0.1, -0.05) is 0 Å². The first kappa shape index (κ1) is 13.5. The molecule has 2 aromatic rings. The van der Waals surface area contributed by atoms with E-state index >= 15 is 0 Å². The Bertz CT molecular complexity index is 579. The lowest BCUT2D eigenvalue weighted by Crippen LogP contribution is -2.35. The van der Waals surface area contributed by atoms with Crippen LogP contribution in [0.15, 0.2) is 18.5 Å². The summed E-state index contributed by atoms with van der Waals surface area (Å²) in [6.45, 7) is 6.44. The van der Waals surface area contributed by atoms with Crippen LogP contribution in [0.3, 0.4) is 0 Å². The summed E-state index contributed by atoms with van der Waals surface area (Å²) in [5.41, 5.74) is 2.71. The van der Waals surface area contributed by atoms with Crippen molar-refractivity contribution < 1.29 is 9.53 Å². The molecule has 0 aliphatic heterocycles. The highest BCUT2D eigenvalue weighted by molar-refractivity contribution is 5.75. The lowest BCUT2D eigenvalue weighted by Gasteiger charge is -2.12. The molecule has 102 valence electrons. The number of carbonyl (C=O) groups is 1. The van der Waals surface area contributed by atoms with E-state index in [2.05, 4.69) is 15.4 Å². The highest BCUT2D eigenvalue weighted by Gasteiger charge is 2.13. The molecule has 0 fully saturated rings. The molecule has 1 atom stereocenters. The largest absolute Gasteiger partial charge is 0.465 e. The normalized spacial score (nSPS) is 12.6. The van der Waals surface area contributed by atoms with Crippen molar-refractivity contribution in [2.24, 2.45) is 0 Å². The number of fused-ring (bicyclic) bond motifs is 1. The van der Waals surface area contributed by atoms with Crippen molar-refractivity contribution >= 4 is 11.6 Å². The Morgan fingerprint density at radius 1 is 1.58 bits per heavy atom. The maximum Gasteiger partial charge on any atom is 0.322 e. The van der Waals surface area contributed by atoms with Gasteiger partial charge in [0.05, 0.1) is 12.3 Å². The maximum absolute atomic E-state index is 11.5. The van der Waals surface area contributed by atoms with E-state index in [4.69, 9.17) is 4.74 Å². The highest BCUT2D eigenvalue weighted by atomic mass is 16.5. The summed E-state index contributed by atoms with van der Waals surface area (Å²) in [6, 6.07) is 1.58. The SMILES string of the molecule is CCOC(=O)C(C)NCc1cnc2cc(C)nn2c1. The van der Waals surface area contributed by atoms with Crippen molar-refractivity contribution in [3.8, 4) is 0 Å². The zero-order valence-corrected chi connectivity index (χ0v) is 11.4. The van der Waals surface area contributed by atoms with Crippen LogP contribution in [0.2, 0.25) is 0 Å². The third-order valence-electron chi connectivity index (χ3n) is 2.74. The third kappa shape index (κ3) is 3.29. The molecule has 1 unspecified atom stereocenters. The number of aromatic nitrogens is 3. The van der Waals surface area contributed by atoms with Crippen LogP contribution in [0.25, 0.3) is 5.65 Å². The topological polar surface area (TPSA) is 68.5 Å². The molecule has 0 spiro atoms. The monoisotopic (exact) mass is 262 g/mol. The minimum absolute atomic E-state index is 0.244. The van der Waals surface area contributed by atoms with E-state index in [1.165, 1.54) is 0 Å². The van der Waals surface area contributed by atoms with Crippen LogP contribution in [0.4, 0.5) is 0 Å². The molecule has 1 N–H and O–H groups in total.